The minimum Gasteiger partial charge on any atom is -0.497 e. The molecule has 1 atom stereocenters. The van der Waals surface area contributed by atoms with E-state index in [4.69, 9.17) is 18.9 Å². The molecular weight excluding hydrogens is 382 g/mol. The number of carbonyl (C=O) groups excluding carboxylic acids is 1. The first-order valence-corrected chi connectivity index (χ1v) is 10.4. The van der Waals surface area contributed by atoms with E-state index >= 15 is 0 Å². The van der Waals surface area contributed by atoms with Crippen LogP contribution in [-0.2, 0) is 17.6 Å². The third-order valence-electron chi connectivity index (χ3n) is 6.19. The number of methoxy groups -OCH3 is 2. The fourth-order valence-corrected chi connectivity index (χ4v) is 4.45. The van der Waals surface area contributed by atoms with Crippen LogP contribution in [-0.4, -0.2) is 45.3 Å². The topological polar surface area (TPSA) is 57.2 Å². The molecule has 0 N–H and O–H groups in total. The number of ketones is 1. The van der Waals surface area contributed by atoms with Crippen LogP contribution in [0.2, 0.25) is 0 Å². The molecule has 1 unspecified atom stereocenters. The van der Waals surface area contributed by atoms with Gasteiger partial charge in [-0.15, -0.1) is 0 Å². The molecule has 4 rings (SSSR count). The van der Waals surface area contributed by atoms with Crippen molar-refractivity contribution in [1.82, 2.24) is 4.90 Å². The number of benzene rings is 2. The van der Waals surface area contributed by atoms with E-state index in [2.05, 4.69) is 18.9 Å². The molecule has 0 bridgehead atoms. The van der Waals surface area contributed by atoms with Gasteiger partial charge in [0.1, 0.15) is 11.5 Å². The van der Waals surface area contributed by atoms with Crippen LogP contribution in [0.15, 0.2) is 24.3 Å². The number of hydrogen-bond acceptors (Lipinski definition) is 6. The zero-order valence-electron chi connectivity index (χ0n) is 18.1. The monoisotopic (exact) mass is 411 g/mol. The van der Waals surface area contributed by atoms with Crippen LogP contribution in [0.5, 0.6) is 23.0 Å². The molecule has 0 saturated heterocycles. The number of nitrogens with zero attached hydrogens (tertiary/aromatic N) is 1. The van der Waals surface area contributed by atoms with Crippen molar-refractivity contribution in [3.05, 3.63) is 46.5 Å². The van der Waals surface area contributed by atoms with Crippen molar-refractivity contribution < 1.29 is 23.7 Å². The van der Waals surface area contributed by atoms with E-state index in [0.29, 0.717) is 24.3 Å². The lowest BCUT2D eigenvalue weighted by Gasteiger charge is -2.35. The molecule has 2 aliphatic heterocycles. The Morgan fingerprint density at radius 3 is 2.77 bits per heavy atom. The van der Waals surface area contributed by atoms with Crippen LogP contribution in [0, 0.1) is 6.92 Å². The second-order valence-electron chi connectivity index (χ2n) is 8.00. The van der Waals surface area contributed by atoms with E-state index < -0.39 is 0 Å². The molecule has 160 valence electrons. The number of hydrogen-bond donors (Lipinski definition) is 0. The summed E-state index contributed by atoms with van der Waals surface area (Å²) < 4.78 is 22.2. The zero-order chi connectivity index (χ0) is 21.3. The molecule has 0 aliphatic carbocycles. The highest BCUT2D eigenvalue weighted by atomic mass is 16.7. The normalized spacial score (nSPS) is 17.5. The van der Waals surface area contributed by atoms with E-state index in [-0.39, 0.29) is 18.6 Å². The lowest BCUT2D eigenvalue weighted by Crippen LogP contribution is -2.34. The molecule has 0 fully saturated rings. The van der Waals surface area contributed by atoms with Gasteiger partial charge in [-0.25, -0.2) is 0 Å². The lowest BCUT2D eigenvalue weighted by atomic mass is 9.87. The number of aryl methyl sites for hydroxylation is 2. The van der Waals surface area contributed by atoms with Crippen LogP contribution in [0.1, 0.15) is 41.1 Å². The fourth-order valence-electron chi connectivity index (χ4n) is 4.45. The van der Waals surface area contributed by atoms with Gasteiger partial charge in [-0.1, -0.05) is 6.07 Å². The summed E-state index contributed by atoms with van der Waals surface area (Å²) in [6, 6.07) is 8.03. The highest BCUT2D eigenvalue weighted by Gasteiger charge is 2.34. The molecule has 0 amide bonds. The molecular formula is C24H29NO5. The van der Waals surface area contributed by atoms with Gasteiger partial charge in [0.15, 0.2) is 11.5 Å². The Bertz CT molecular complexity index is 955. The summed E-state index contributed by atoms with van der Waals surface area (Å²) in [6.45, 7) is 3.15. The zero-order valence-corrected chi connectivity index (χ0v) is 18.1. The molecule has 2 aromatic rings. The minimum absolute atomic E-state index is 0.0253. The molecule has 30 heavy (non-hydrogen) atoms. The van der Waals surface area contributed by atoms with Crippen LogP contribution in [0.3, 0.4) is 0 Å². The van der Waals surface area contributed by atoms with Crippen LogP contribution < -0.4 is 18.9 Å². The number of ether oxygens (including phenoxy) is 4. The van der Waals surface area contributed by atoms with Gasteiger partial charge in [-0.3, -0.25) is 9.69 Å². The largest absolute Gasteiger partial charge is 0.497 e. The molecule has 6 nitrogen and oxygen atoms in total. The van der Waals surface area contributed by atoms with Gasteiger partial charge in [0.2, 0.25) is 12.5 Å². The quantitative estimate of drug-likeness (QED) is 0.690. The average molecular weight is 411 g/mol. The Balaban J connectivity index is 1.52. The maximum absolute atomic E-state index is 13.0. The van der Waals surface area contributed by atoms with Gasteiger partial charge in [0.05, 0.1) is 14.2 Å². The first-order valence-electron chi connectivity index (χ1n) is 10.4. The van der Waals surface area contributed by atoms with E-state index in [1.165, 1.54) is 11.1 Å². The molecule has 0 radical (unpaired) electrons. The van der Waals surface area contributed by atoms with Crippen LogP contribution >= 0.6 is 0 Å². The second-order valence-corrected chi connectivity index (χ2v) is 8.00. The van der Waals surface area contributed by atoms with Crippen LogP contribution in [0.25, 0.3) is 0 Å². The summed E-state index contributed by atoms with van der Waals surface area (Å²) in [6.07, 6.45) is 2.60. The van der Waals surface area contributed by atoms with Crippen molar-refractivity contribution >= 4 is 5.78 Å². The predicted octanol–water partition coefficient (Wildman–Crippen LogP) is 3.86. The number of likely N-dealkylation sites (N-methyl/N-ethyl adjacent to an activating group) is 1. The maximum atomic E-state index is 13.0. The summed E-state index contributed by atoms with van der Waals surface area (Å²) in [4.78, 5) is 15.2. The van der Waals surface area contributed by atoms with E-state index in [0.717, 1.165) is 42.0 Å². The van der Waals surface area contributed by atoms with Gasteiger partial charge in [0, 0.05) is 31.0 Å². The molecule has 0 aromatic heterocycles. The summed E-state index contributed by atoms with van der Waals surface area (Å²) >= 11 is 0. The van der Waals surface area contributed by atoms with Crippen molar-refractivity contribution in [2.75, 3.05) is 34.6 Å². The summed E-state index contributed by atoms with van der Waals surface area (Å²) in [7, 11) is 5.38. The van der Waals surface area contributed by atoms with E-state index in [1.807, 2.05) is 24.3 Å². The van der Waals surface area contributed by atoms with Crippen molar-refractivity contribution in [1.29, 1.82) is 0 Å². The number of carbonyl (C=O) groups is 1. The van der Waals surface area contributed by atoms with Gasteiger partial charge in [-0.2, -0.15) is 0 Å². The maximum Gasteiger partial charge on any atom is 0.231 e. The number of rotatable bonds is 7. The van der Waals surface area contributed by atoms with Crippen molar-refractivity contribution in [3.8, 4) is 23.0 Å². The van der Waals surface area contributed by atoms with Gasteiger partial charge in [0.25, 0.3) is 0 Å². The molecule has 6 heteroatoms. The first kappa shape index (κ1) is 20.5. The molecule has 2 aliphatic rings. The Labute approximate surface area is 177 Å². The Kier molecular flexibility index (Phi) is 5.86. The molecule has 0 saturated carbocycles. The molecule has 2 heterocycles. The lowest BCUT2D eigenvalue weighted by molar-refractivity contribution is -0.120. The number of Topliss-reactive ketones (excluding diaryl/α,β-unsaturated/α-hetero) is 1. The molecule has 0 spiro atoms. The van der Waals surface area contributed by atoms with Gasteiger partial charge < -0.3 is 18.9 Å². The average Bonchev–Trinajstić information content (AvgIpc) is 3.21. The first-order chi connectivity index (χ1) is 14.5. The summed E-state index contributed by atoms with van der Waals surface area (Å²) in [5.74, 6) is 3.17. The Hall–Kier alpha value is -2.73. The summed E-state index contributed by atoms with van der Waals surface area (Å²) in [5, 5.41) is 0. The van der Waals surface area contributed by atoms with Crippen molar-refractivity contribution in [3.63, 3.8) is 0 Å². The SMILES string of the molecule is COc1ccc(CCC(=O)CC2c3c(cc4c(c3OC)OCO4)CCN2C)c(C)c1. The molecule has 2 aromatic carbocycles. The summed E-state index contributed by atoms with van der Waals surface area (Å²) in [5.41, 5.74) is 4.57. The Morgan fingerprint density at radius 2 is 2.03 bits per heavy atom. The minimum atomic E-state index is -0.0253. The smallest absolute Gasteiger partial charge is 0.231 e. The highest BCUT2D eigenvalue weighted by molar-refractivity contribution is 5.80. The van der Waals surface area contributed by atoms with Crippen molar-refractivity contribution in [2.24, 2.45) is 0 Å². The second kappa shape index (κ2) is 8.56. The van der Waals surface area contributed by atoms with E-state index in [9.17, 15) is 4.79 Å². The van der Waals surface area contributed by atoms with Gasteiger partial charge in [-0.05, 0) is 61.7 Å². The third kappa shape index (κ3) is 3.84. The number of fused-ring (bicyclic) bond motifs is 2. The van der Waals surface area contributed by atoms with Gasteiger partial charge >= 0.3 is 0 Å². The highest BCUT2D eigenvalue weighted by Crippen LogP contribution is 2.50. The Morgan fingerprint density at radius 1 is 1.20 bits per heavy atom. The van der Waals surface area contributed by atoms with E-state index in [1.54, 1.807) is 14.2 Å². The third-order valence-corrected chi connectivity index (χ3v) is 6.19. The fraction of sp³-hybridized carbons (Fsp3) is 0.458. The standard InChI is InChI=1S/C24H29NO5/c1-15-11-19(27-3)8-6-16(15)5-7-18(26)13-20-22-17(9-10-25(20)2)12-21-23(24(22)28-4)30-14-29-21/h6,8,11-12,20H,5,7,9-10,13-14H2,1-4H3. The predicted molar refractivity (Wildman–Crippen MR) is 114 cm³/mol. The van der Waals surface area contributed by atoms with Crippen molar-refractivity contribution in [2.45, 2.75) is 38.6 Å². The van der Waals surface area contributed by atoms with Crippen LogP contribution in [0.4, 0.5) is 0 Å².